The van der Waals surface area contributed by atoms with Crippen LogP contribution in [0.3, 0.4) is 0 Å². The van der Waals surface area contributed by atoms with E-state index in [0.29, 0.717) is 17.7 Å². The highest BCUT2D eigenvalue weighted by Gasteiger charge is 2.11. The van der Waals surface area contributed by atoms with Crippen LogP contribution in [0.2, 0.25) is 0 Å². The standard InChI is InChI=1S/C17H19NO3S/c1-13(10-15-8-5-9-21-15)18-17(20)12-22-11-16(19)14-6-3-2-4-7-14/h2-9,13H,10-12H2,1H3,(H,18,20)/t13-/m1/s1. The molecule has 0 aliphatic heterocycles. The van der Waals surface area contributed by atoms with Crippen molar-refractivity contribution in [1.29, 1.82) is 0 Å². The number of thioether (sulfide) groups is 1. The van der Waals surface area contributed by atoms with Crippen molar-refractivity contribution in [2.45, 2.75) is 19.4 Å². The molecular formula is C17H19NO3S. The number of furan rings is 1. The van der Waals surface area contributed by atoms with Gasteiger partial charge in [-0.1, -0.05) is 30.3 Å². The number of ketones is 1. The van der Waals surface area contributed by atoms with E-state index in [-0.39, 0.29) is 23.5 Å². The van der Waals surface area contributed by atoms with E-state index in [1.54, 1.807) is 18.4 Å². The number of nitrogens with one attached hydrogen (secondary N) is 1. The second-order valence-corrected chi connectivity index (χ2v) is 6.02. The number of amides is 1. The molecule has 0 aliphatic carbocycles. The molecule has 1 aromatic heterocycles. The van der Waals surface area contributed by atoms with Gasteiger partial charge in [0.2, 0.25) is 5.91 Å². The Labute approximate surface area is 134 Å². The minimum atomic E-state index is -0.0649. The van der Waals surface area contributed by atoms with E-state index < -0.39 is 0 Å². The number of carbonyl (C=O) groups is 2. The molecule has 0 fully saturated rings. The summed E-state index contributed by atoms with van der Waals surface area (Å²) in [4.78, 5) is 23.7. The molecule has 5 heteroatoms. The first kappa shape index (κ1) is 16.4. The van der Waals surface area contributed by atoms with E-state index in [2.05, 4.69) is 5.32 Å². The highest BCUT2D eigenvalue weighted by atomic mass is 32.2. The lowest BCUT2D eigenvalue weighted by Gasteiger charge is -2.12. The van der Waals surface area contributed by atoms with Crippen LogP contribution in [-0.4, -0.2) is 29.2 Å². The zero-order valence-corrected chi connectivity index (χ0v) is 13.3. The van der Waals surface area contributed by atoms with Crippen LogP contribution in [0.1, 0.15) is 23.0 Å². The van der Waals surface area contributed by atoms with Crippen molar-refractivity contribution in [3.8, 4) is 0 Å². The lowest BCUT2D eigenvalue weighted by Crippen LogP contribution is -2.35. The third-order valence-electron chi connectivity index (χ3n) is 3.06. The van der Waals surface area contributed by atoms with E-state index in [0.717, 1.165) is 5.76 Å². The van der Waals surface area contributed by atoms with Gasteiger partial charge in [-0.3, -0.25) is 9.59 Å². The number of hydrogen-bond acceptors (Lipinski definition) is 4. The number of benzene rings is 1. The third-order valence-corrected chi connectivity index (χ3v) is 3.99. The van der Waals surface area contributed by atoms with Gasteiger partial charge in [-0.25, -0.2) is 0 Å². The summed E-state index contributed by atoms with van der Waals surface area (Å²) in [5, 5.41) is 2.90. The quantitative estimate of drug-likeness (QED) is 0.761. The van der Waals surface area contributed by atoms with Crippen LogP contribution in [-0.2, 0) is 11.2 Å². The van der Waals surface area contributed by atoms with Gasteiger partial charge in [0.1, 0.15) is 5.76 Å². The van der Waals surface area contributed by atoms with Gasteiger partial charge >= 0.3 is 0 Å². The Morgan fingerprint density at radius 2 is 1.91 bits per heavy atom. The molecule has 1 aromatic carbocycles. The van der Waals surface area contributed by atoms with Crippen LogP contribution in [0.15, 0.2) is 53.1 Å². The maximum Gasteiger partial charge on any atom is 0.230 e. The predicted molar refractivity (Wildman–Crippen MR) is 88.1 cm³/mol. The molecule has 0 bridgehead atoms. The van der Waals surface area contributed by atoms with Crippen LogP contribution in [0.5, 0.6) is 0 Å². The molecule has 0 unspecified atom stereocenters. The number of rotatable bonds is 8. The van der Waals surface area contributed by atoms with Gasteiger partial charge in [0.05, 0.1) is 17.8 Å². The molecule has 0 spiro atoms. The van der Waals surface area contributed by atoms with Gasteiger partial charge in [0.15, 0.2) is 5.78 Å². The van der Waals surface area contributed by atoms with E-state index in [9.17, 15) is 9.59 Å². The molecule has 0 saturated carbocycles. The molecular weight excluding hydrogens is 298 g/mol. The molecule has 1 atom stereocenters. The Kier molecular flexibility index (Phi) is 6.27. The predicted octanol–water partition coefficient (Wildman–Crippen LogP) is 2.94. The highest BCUT2D eigenvalue weighted by Crippen LogP contribution is 2.08. The maximum absolute atomic E-state index is 11.9. The lowest BCUT2D eigenvalue weighted by molar-refractivity contribution is -0.119. The van der Waals surface area contributed by atoms with Crippen molar-refractivity contribution >= 4 is 23.5 Å². The molecule has 4 nitrogen and oxygen atoms in total. The van der Waals surface area contributed by atoms with Crippen LogP contribution in [0.25, 0.3) is 0 Å². The summed E-state index contributed by atoms with van der Waals surface area (Å²) in [5.74, 6) is 1.41. The summed E-state index contributed by atoms with van der Waals surface area (Å²) in [5.41, 5.74) is 0.682. The largest absolute Gasteiger partial charge is 0.469 e. The Morgan fingerprint density at radius 1 is 1.14 bits per heavy atom. The van der Waals surface area contributed by atoms with Crippen molar-refractivity contribution in [3.63, 3.8) is 0 Å². The summed E-state index contributed by atoms with van der Waals surface area (Å²) in [6, 6.07) is 12.8. The summed E-state index contributed by atoms with van der Waals surface area (Å²) in [7, 11) is 0. The molecule has 1 heterocycles. The van der Waals surface area contributed by atoms with Crippen molar-refractivity contribution < 1.29 is 14.0 Å². The summed E-state index contributed by atoms with van der Waals surface area (Å²) in [6.45, 7) is 1.93. The minimum Gasteiger partial charge on any atom is -0.469 e. The summed E-state index contributed by atoms with van der Waals surface area (Å²) >= 11 is 1.33. The van der Waals surface area contributed by atoms with Gasteiger partial charge in [-0.15, -0.1) is 11.8 Å². The van der Waals surface area contributed by atoms with Gasteiger partial charge in [0, 0.05) is 18.0 Å². The fraction of sp³-hybridized carbons (Fsp3) is 0.294. The van der Waals surface area contributed by atoms with E-state index in [1.165, 1.54) is 11.8 Å². The van der Waals surface area contributed by atoms with Crippen LogP contribution >= 0.6 is 11.8 Å². The zero-order chi connectivity index (χ0) is 15.8. The van der Waals surface area contributed by atoms with Crippen LogP contribution in [0, 0.1) is 0 Å². The molecule has 116 valence electrons. The molecule has 1 amide bonds. The number of hydrogen-bond donors (Lipinski definition) is 1. The Balaban J connectivity index is 1.66. The second-order valence-electron chi connectivity index (χ2n) is 5.03. The Bertz CT molecular complexity index is 596. The van der Waals surface area contributed by atoms with E-state index in [1.807, 2.05) is 37.3 Å². The zero-order valence-electron chi connectivity index (χ0n) is 12.5. The normalized spacial score (nSPS) is 11.9. The fourth-order valence-corrected chi connectivity index (χ4v) is 2.76. The first-order valence-electron chi connectivity index (χ1n) is 7.13. The van der Waals surface area contributed by atoms with Crippen LogP contribution in [0.4, 0.5) is 0 Å². The fourth-order valence-electron chi connectivity index (χ4n) is 2.04. The summed E-state index contributed by atoms with van der Waals surface area (Å²) < 4.78 is 5.25. The first-order chi connectivity index (χ1) is 10.6. The van der Waals surface area contributed by atoms with E-state index >= 15 is 0 Å². The lowest BCUT2D eigenvalue weighted by atomic mass is 10.2. The van der Waals surface area contributed by atoms with Crippen molar-refractivity contribution in [2.24, 2.45) is 0 Å². The van der Waals surface area contributed by atoms with Crippen molar-refractivity contribution in [2.75, 3.05) is 11.5 Å². The number of carbonyl (C=O) groups excluding carboxylic acids is 2. The molecule has 0 saturated heterocycles. The average Bonchev–Trinajstić information content (AvgIpc) is 3.00. The van der Waals surface area contributed by atoms with Crippen molar-refractivity contribution in [1.82, 2.24) is 5.32 Å². The first-order valence-corrected chi connectivity index (χ1v) is 8.28. The smallest absolute Gasteiger partial charge is 0.230 e. The minimum absolute atomic E-state index is 0.00377. The maximum atomic E-state index is 11.9. The summed E-state index contributed by atoms with van der Waals surface area (Å²) in [6.07, 6.45) is 2.28. The highest BCUT2D eigenvalue weighted by molar-refractivity contribution is 8.00. The Hall–Kier alpha value is -2.01. The van der Waals surface area contributed by atoms with E-state index in [4.69, 9.17) is 4.42 Å². The van der Waals surface area contributed by atoms with Gasteiger partial charge in [0.25, 0.3) is 0 Å². The van der Waals surface area contributed by atoms with Crippen molar-refractivity contribution in [3.05, 3.63) is 60.1 Å². The van der Waals surface area contributed by atoms with Crippen LogP contribution < -0.4 is 5.32 Å². The molecule has 0 aliphatic rings. The molecule has 2 rings (SSSR count). The van der Waals surface area contributed by atoms with Gasteiger partial charge in [-0.05, 0) is 19.1 Å². The third kappa shape index (κ3) is 5.41. The monoisotopic (exact) mass is 317 g/mol. The van der Waals surface area contributed by atoms with Gasteiger partial charge < -0.3 is 9.73 Å². The van der Waals surface area contributed by atoms with Gasteiger partial charge in [-0.2, -0.15) is 0 Å². The molecule has 1 N–H and O–H groups in total. The molecule has 0 radical (unpaired) electrons. The SMILES string of the molecule is C[C@H](Cc1ccco1)NC(=O)CSCC(=O)c1ccccc1. The second kappa shape index (κ2) is 8.44. The Morgan fingerprint density at radius 3 is 2.59 bits per heavy atom. The average molecular weight is 317 g/mol. The topological polar surface area (TPSA) is 59.3 Å². The molecule has 2 aromatic rings. The number of Topliss-reactive ketones (excluding diaryl/α,β-unsaturated/α-hetero) is 1. The molecule has 22 heavy (non-hydrogen) atoms.